The van der Waals surface area contributed by atoms with Crippen molar-refractivity contribution < 1.29 is 32.3 Å². The van der Waals surface area contributed by atoms with Crippen LogP contribution in [-0.2, 0) is 15.3 Å². The van der Waals surface area contributed by atoms with Gasteiger partial charge in [0.2, 0.25) is 0 Å². The van der Waals surface area contributed by atoms with Gasteiger partial charge in [-0.1, -0.05) is 54.2 Å². The molecule has 10 heteroatoms. The van der Waals surface area contributed by atoms with Gasteiger partial charge in [-0.15, -0.1) is 0 Å². The summed E-state index contributed by atoms with van der Waals surface area (Å²) in [6, 6.07) is 20.0. The molecule has 1 atom stereocenters. The number of para-hydroxylation sites is 4. The van der Waals surface area contributed by atoms with Crippen molar-refractivity contribution >= 4 is 40.4 Å². The molecule has 0 fully saturated rings. The molecule has 0 saturated carbocycles. The van der Waals surface area contributed by atoms with Crippen LogP contribution in [0.2, 0.25) is 0 Å². The van der Waals surface area contributed by atoms with Gasteiger partial charge in [0, 0.05) is 5.75 Å². The highest BCUT2D eigenvalue weighted by molar-refractivity contribution is 7.98. The molecule has 0 bridgehead atoms. The Morgan fingerprint density at radius 3 is 2.54 bits per heavy atom. The number of fused-ring (bicyclic) bond motifs is 1. The van der Waals surface area contributed by atoms with Crippen LogP contribution in [0.3, 0.4) is 0 Å². The minimum Gasteiger partial charge on any atom is -0.449 e. The zero-order valence-corrected chi connectivity index (χ0v) is 19.3. The minimum absolute atomic E-state index is 0.0378. The number of esters is 1. The van der Waals surface area contributed by atoms with Crippen LogP contribution in [0.5, 0.6) is 5.75 Å². The lowest BCUT2D eigenvalue weighted by atomic mass is 10.1. The second-order valence-corrected chi connectivity index (χ2v) is 8.23. The van der Waals surface area contributed by atoms with Crippen LogP contribution in [0.4, 0.5) is 14.5 Å². The van der Waals surface area contributed by atoms with E-state index in [1.807, 2.05) is 24.3 Å². The minimum atomic E-state index is -3.05. The molecule has 1 heterocycles. The summed E-state index contributed by atoms with van der Waals surface area (Å²) in [5, 5.41) is 2.91. The van der Waals surface area contributed by atoms with E-state index in [1.54, 1.807) is 30.3 Å². The van der Waals surface area contributed by atoms with Crippen molar-refractivity contribution in [1.29, 1.82) is 0 Å². The van der Waals surface area contributed by atoms with Crippen molar-refractivity contribution in [2.75, 3.05) is 5.32 Å². The lowest BCUT2D eigenvalue weighted by molar-refractivity contribution is -0.123. The lowest BCUT2D eigenvalue weighted by Crippen LogP contribution is -2.30. The number of hydrogen-bond donors (Lipinski definition) is 1. The molecule has 35 heavy (non-hydrogen) atoms. The van der Waals surface area contributed by atoms with Crippen LogP contribution in [-0.4, -0.2) is 29.6 Å². The number of alkyl halides is 2. The van der Waals surface area contributed by atoms with Gasteiger partial charge in [-0.25, -0.2) is 9.78 Å². The molecular weight excluding hydrogens is 478 g/mol. The number of nitrogens with one attached hydrogen (secondary N) is 1. The zero-order chi connectivity index (χ0) is 24.8. The summed E-state index contributed by atoms with van der Waals surface area (Å²) in [5.74, 6) is -1.20. The van der Waals surface area contributed by atoms with E-state index in [0.717, 1.165) is 5.52 Å². The highest BCUT2D eigenvalue weighted by Gasteiger charge is 2.22. The highest BCUT2D eigenvalue weighted by atomic mass is 32.2. The first-order valence-corrected chi connectivity index (χ1v) is 11.5. The van der Waals surface area contributed by atoms with Crippen molar-refractivity contribution in [3.63, 3.8) is 0 Å². The summed E-state index contributed by atoms with van der Waals surface area (Å²) in [6.45, 7) is -1.66. The Morgan fingerprint density at radius 1 is 1.03 bits per heavy atom. The lowest BCUT2D eigenvalue weighted by Gasteiger charge is -2.16. The van der Waals surface area contributed by atoms with E-state index >= 15 is 0 Å². The third kappa shape index (κ3) is 6.15. The fourth-order valence-corrected chi connectivity index (χ4v) is 4.02. The number of carbonyl (C=O) groups is 2. The molecule has 0 aliphatic heterocycles. The Balaban J connectivity index is 1.40. The summed E-state index contributed by atoms with van der Waals surface area (Å²) in [5.41, 5.74) is 2.41. The standard InChI is InChI=1S/C25H20F2N2O5S/c1-15(22(30)28-18-10-4-6-12-20(18)33-24(26)27)32-23(31)17-9-3-2-8-16(17)14-35-25-29-19-11-5-7-13-21(19)34-25/h2-13,15,24H,14H2,1H3,(H,28,30). The number of amides is 1. The molecule has 4 rings (SSSR count). The highest BCUT2D eigenvalue weighted by Crippen LogP contribution is 2.28. The molecule has 1 aromatic heterocycles. The Labute approximate surface area is 203 Å². The largest absolute Gasteiger partial charge is 0.449 e. The summed E-state index contributed by atoms with van der Waals surface area (Å²) in [7, 11) is 0. The number of oxazole rings is 1. The molecule has 180 valence electrons. The van der Waals surface area contributed by atoms with Gasteiger partial charge in [0.25, 0.3) is 11.1 Å². The third-order valence-corrected chi connectivity index (χ3v) is 5.75. The van der Waals surface area contributed by atoms with Gasteiger partial charge < -0.3 is 19.2 Å². The van der Waals surface area contributed by atoms with E-state index in [9.17, 15) is 18.4 Å². The second kappa shape index (κ2) is 11.0. The number of halogens is 2. The first-order valence-electron chi connectivity index (χ1n) is 10.5. The van der Waals surface area contributed by atoms with E-state index in [4.69, 9.17) is 9.15 Å². The van der Waals surface area contributed by atoms with Crippen LogP contribution < -0.4 is 10.1 Å². The van der Waals surface area contributed by atoms with Crippen LogP contribution in [0.15, 0.2) is 82.4 Å². The van der Waals surface area contributed by atoms with Crippen LogP contribution in [0.25, 0.3) is 11.1 Å². The number of benzene rings is 3. The number of carbonyl (C=O) groups excluding carboxylic acids is 2. The van der Waals surface area contributed by atoms with E-state index < -0.39 is 24.6 Å². The van der Waals surface area contributed by atoms with Crippen molar-refractivity contribution in [3.8, 4) is 5.75 Å². The molecule has 0 saturated heterocycles. The molecule has 1 amide bonds. The zero-order valence-electron chi connectivity index (χ0n) is 18.4. The van der Waals surface area contributed by atoms with Gasteiger partial charge >= 0.3 is 12.6 Å². The summed E-state index contributed by atoms with van der Waals surface area (Å²) in [6.07, 6.45) is -1.19. The molecule has 1 N–H and O–H groups in total. The number of ether oxygens (including phenoxy) is 2. The van der Waals surface area contributed by atoms with Crippen molar-refractivity contribution in [2.24, 2.45) is 0 Å². The van der Waals surface area contributed by atoms with Gasteiger partial charge in [0.1, 0.15) is 11.3 Å². The molecule has 7 nitrogen and oxygen atoms in total. The maximum Gasteiger partial charge on any atom is 0.387 e. The number of nitrogens with zero attached hydrogens (tertiary/aromatic N) is 1. The third-order valence-electron chi connectivity index (χ3n) is 4.88. The quantitative estimate of drug-likeness (QED) is 0.227. The van der Waals surface area contributed by atoms with Gasteiger partial charge in [-0.05, 0) is 42.8 Å². The normalized spacial score (nSPS) is 11.9. The monoisotopic (exact) mass is 498 g/mol. The van der Waals surface area contributed by atoms with Gasteiger partial charge in [0.05, 0.1) is 11.3 Å². The Kier molecular flexibility index (Phi) is 7.61. The Morgan fingerprint density at radius 2 is 1.74 bits per heavy atom. The summed E-state index contributed by atoms with van der Waals surface area (Å²) in [4.78, 5) is 29.8. The summed E-state index contributed by atoms with van der Waals surface area (Å²) >= 11 is 1.32. The molecule has 0 aliphatic carbocycles. The van der Waals surface area contributed by atoms with E-state index in [-0.39, 0.29) is 17.0 Å². The van der Waals surface area contributed by atoms with E-state index in [0.29, 0.717) is 22.1 Å². The molecule has 4 aromatic rings. The number of aromatic nitrogens is 1. The van der Waals surface area contributed by atoms with Gasteiger partial charge in [0.15, 0.2) is 11.7 Å². The molecule has 3 aromatic carbocycles. The average molecular weight is 499 g/mol. The molecule has 0 spiro atoms. The Bertz CT molecular complexity index is 1310. The van der Waals surface area contributed by atoms with E-state index in [1.165, 1.54) is 36.9 Å². The molecule has 0 aliphatic rings. The number of rotatable bonds is 9. The maximum atomic E-state index is 12.8. The topological polar surface area (TPSA) is 90.7 Å². The second-order valence-electron chi connectivity index (χ2n) is 7.30. The van der Waals surface area contributed by atoms with Crippen molar-refractivity contribution in [3.05, 3.63) is 83.9 Å². The first kappa shape index (κ1) is 24.2. The number of anilines is 1. The predicted molar refractivity (Wildman–Crippen MR) is 127 cm³/mol. The average Bonchev–Trinajstić information content (AvgIpc) is 3.27. The molecule has 0 radical (unpaired) electrons. The smallest absolute Gasteiger partial charge is 0.387 e. The van der Waals surface area contributed by atoms with Crippen molar-refractivity contribution in [1.82, 2.24) is 4.98 Å². The fourth-order valence-electron chi connectivity index (χ4n) is 3.18. The first-order chi connectivity index (χ1) is 16.9. The van der Waals surface area contributed by atoms with Crippen molar-refractivity contribution in [2.45, 2.75) is 30.6 Å². The maximum absolute atomic E-state index is 12.8. The van der Waals surface area contributed by atoms with Crippen LogP contribution in [0, 0.1) is 0 Å². The van der Waals surface area contributed by atoms with E-state index in [2.05, 4.69) is 15.0 Å². The predicted octanol–water partition coefficient (Wildman–Crippen LogP) is 5.91. The molecular formula is C25H20F2N2O5S. The van der Waals surface area contributed by atoms with Gasteiger partial charge in [-0.2, -0.15) is 8.78 Å². The Hall–Kier alpha value is -3.92. The number of thioether (sulfide) groups is 1. The van der Waals surface area contributed by atoms with Crippen LogP contribution in [0.1, 0.15) is 22.8 Å². The fraction of sp³-hybridized carbons (Fsp3) is 0.160. The summed E-state index contributed by atoms with van der Waals surface area (Å²) < 4.78 is 40.7. The SMILES string of the molecule is CC(OC(=O)c1ccccc1CSc1nc2ccccc2o1)C(=O)Nc1ccccc1OC(F)F. The van der Waals surface area contributed by atoms with Crippen LogP contribution >= 0.6 is 11.8 Å². The number of hydrogen-bond acceptors (Lipinski definition) is 7. The van der Waals surface area contributed by atoms with Gasteiger partial charge in [-0.3, -0.25) is 4.79 Å². The molecule has 1 unspecified atom stereocenters.